The van der Waals surface area contributed by atoms with Crippen molar-refractivity contribution < 1.29 is 9.53 Å². The van der Waals surface area contributed by atoms with E-state index in [-0.39, 0.29) is 23.7 Å². The van der Waals surface area contributed by atoms with Crippen LogP contribution in [-0.2, 0) is 30.8 Å². The summed E-state index contributed by atoms with van der Waals surface area (Å²) >= 11 is 15.0. The van der Waals surface area contributed by atoms with Crippen molar-refractivity contribution in [2.75, 3.05) is 11.1 Å². The number of halogens is 2. The SMILES string of the molecule is CCn1c(COc2ccc(Cl)cc2Cl)nnc1SCC(=O)Nc1sc2c(c1C#N)CCC(C(C)(C)C)C2. The monoisotopic (exact) mass is 577 g/mol. The molecule has 2 aromatic heterocycles. The maximum Gasteiger partial charge on any atom is 0.235 e. The van der Waals surface area contributed by atoms with E-state index in [1.807, 2.05) is 11.5 Å². The molecule has 0 saturated carbocycles. The normalized spacial score (nSPS) is 15.2. The minimum Gasteiger partial charge on any atom is -0.484 e. The zero-order valence-electron chi connectivity index (χ0n) is 21.2. The Labute approximate surface area is 235 Å². The third-order valence-electron chi connectivity index (χ3n) is 6.55. The van der Waals surface area contributed by atoms with Gasteiger partial charge in [0.25, 0.3) is 0 Å². The van der Waals surface area contributed by atoms with Gasteiger partial charge in [0.05, 0.1) is 16.3 Å². The summed E-state index contributed by atoms with van der Waals surface area (Å²) in [4.78, 5) is 14.1. The van der Waals surface area contributed by atoms with Gasteiger partial charge in [0.2, 0.25) is 5.91 Å². The summed E-state index contributed by atoms with van der Waals surface area (Å²) in [5.41, 5.74) is 1.93. The Hall–Kier alpha value is -2.25. The first-order chi connectivity index (χ1) is 17.6. The molecule has 2 heterocycles. The van der Waals surface area contributed by atoms with Crippen LogP contribution < -0.4 is 10.1 Å². The van der Waals surface area contributed by atoms with Gasteiger partial charge < -0.3 is 14.6 Å². The van der Waals surface area contributed by atoms with E-state index in [0.29, 0.717) is 49.8 Å². The molecule has 0 bridgehead atoms. The molecule has 4 rings (SSSR count). The minimum atomic E-state index is -0.177. The molecule has 7 nitrogen and oxygen atoms in total. The molecule has 1 unspecified atom stereocenters. The number of thioether (sulfide) groups is 1. The minimum absolute atomic E-state index is 0.153. The number of carbonyl (C=O) groups excluding carboxylic acids is 1. The van der Waals surface area contributed by atoms with Gasteiger partial charge in [-0.1, -0.05) is 55.7 Å². The van der Waals surface area contributed by atoms with Gasteiger partial charge in [0.15, 0.2) is 11.0 Å². The van der Waals surface area contributed by atoms with E-state index >= 15 is 0 Å². The zero-order valence-corrected chi connectivity index (χ0v) is 24.4. The van der Waals surface area contributed by atoms with Crippen LogP contribution in [0.2, 0.25) is 10.0 Å². The molecule has 3 aromatic rings. The van der Waals surface area contributed by atoms with Crippen LogP contribution in [0.3, 0.4) is 0 Å². The third-order valence-corrected chi connectivity index (χ3v) is 9.21. The van der Waals surface area contributed by atoms with Gasteiger partial charge in [-0.3, -0.25) is 4.79 Å². The maximum absolute atomic E-state index is 12.8. The highest BCUT2D eigenvalue weighted by molar-refractivity contribution is 7.99. The summed E-state index contributed by atoms with van der Waals surface area (Å²) < 4.78 is 7.70. The summed E-state index contributed by atoms with van der Waals surface area (Å²) in [7, 11) is 0. The number of hydrogen-bond acceptors (Lipinski definition) is 7. The second-order valence-corrected chi connectivity index (χ2v) is 12.9. The van der Waals surface area contributed by atoms with Crippen LogP contribution in [0.25, 0.3) is 0 Å². The number of rotatable bonds is 8. The standard InChI is InChI=1S/C26H29Cl2N5O2S2/c1-5-33-22(13-35-20-9-7-16(27)11-19(20)28)31-32-25(33)36-14-23(34)30-24-18(12-29)17-8-6-15(26(2,3)4)10-21(17)37-24/h7,9,11,15H,5-6,8,10,13-14H2,1-4H3,(H,30,34). The van der Waals surface area contributed by atoms with Crippen molar-refractivity contribution >= 4 is 57.2 Å². The molecule has 0 saturated heterocycles. The average Bonchev–Trinajstić information content (AvgIpc) is 3.40. The second kappa shape index (κ2) is 11.6. The molecule has 0 radical (unpaired) electrons. The number of hydrogen-bond donors (Lipinski definition) is 1. The molecule has 1 aliphatic carbocycles. The molecule has 0 spiro atoms. The molecule has 0 fully saturated rings. The van der Waals surface area contributed by atoms with Crippen LogP contribution in [0.5, 0.6) is 5.75 Å². The van der Waals surface area contributed by atoms with Crippen LogP contribution in [-0.4, -0.2) is 26.4 Å². The Morgan fingerprint density at radius 3 is 2.81 bits per heavy atom. The molecular weight excluding hydrogens is 549 g/mol. The van der Waals surface area contributed by atoms with Gasteiger partial charge in [-0.25, -0.2) is 0 Å². The Balaban J connectivity index is 1.38. The predicted molar refractivity (Wildman–Crippen MR) is 150 cm³/mol. The third kappa shape index (κ3) is 6.43. The quantitative estimate of drug-likeness (QED) is 0.290. The first kappa shape index (κ1) is 27.8. The van der Waals surface area contributed by atoms with Crippen LogP contribution >= 0.6 is 46.3 Å². The van der Waals surface area contributed by atoms with Gasteiger partial charge in [-0.05, 0) is 61.3 Å². The van der Waals surface area contributed by atoms with Gasteiger partial charge in [0.1, 0.15) is 23.4 Å². The lowest BCUT2D eigenvalue weighted by Gasteiger charge is -2.33. The highest BCUT2D eigenvalue weighted by Gasteiger charge is 2.32. The number of thiophene rings is 1. The number of nitriles is 1. The molecule has 37 heavy (non-hydrogen) atoms. The topological polar surface area (TPSA) is 92.8 Å². The zero-order chi connectivity index (χ0) is 26.7. The molecule has 1 aromatic carbocycles. The number of nitrogens with one attached hydrogen (secondary N) is 1. The van der Waals surface area contributed by atoms with Crippen molar-refractivity contribution in [1.29, 1.82) is 5.26 Å². The highest BCUT2D eigenvalue weighted by Crippen LogP contribution is 2.44. The Morgan fingerprint density at radius 2 is 2.14 bits per heavy atom. The van der Waals surface area contributed by atoms with Crippen molar-refractivity contribution in [3.63, 3.8) is 0 Å². The van der Waals surface area contributed by atoms with Crippen molar-refractivity contribution in [3.8, 4) is 11.8 Å². The van der Waals surface area contributed by atoms with Crippen LogP contribution in [0, 0.1) is 22.7 Å². The molecule has 11 heteroatoms. The van der Waals surface area contributed by atoms with E-state index in [9.17, 15) is 10.1 Å². The lowest BCUT2D eigenvalue weighted by molar-refractivity contribution is -0.113. The molecular formula is C26H29Cl2N5O2S2. The summed E-state index contributed by atoms with van der Waals surface area (Å²) in [5, 5.41) is 23.5. The Bertz CT molecular complexity index is 1340. The van der Waals surface area contributed by atoms with Crippen molar-refractivity contribution in [3.05, 3.63) is 50.1 Å². The van der Waals surface area contributed by atoms with E-state index in [2.05, 4.69) is 42.4 Å². The number of fused-ring (bicyclic) bond motifs is 1. The molecule has 1 N–H and O–H groups in total. The first-order valence-electron chi connectivity index (χ1n) is 12.1. The number of amides is 1. The summed E-state index contributed by atoms with van der Waals surface area (Å²) in [6, 6.07) is 7.36. The average molecular weight is 579 g/mol. The highest BCUT2D eigenvalue weighted by atomic mass is 35.5. The van der Waals surface area contributed by atoms with E-state index in [4.69, 9.17) is 27.9 Å². The van der Waals surface area contributed by atoms with Gasteiger partial charge >= 0.3 is 0 Å². The molecule has 1 atom stereocenters. The number of benzene rings is 1. The molecule has 0 aliphatic heterocycles. The van der Waals surface area contributed by atoms with Crippen molar-refractivity contribution in [1.82, 2.24) is 14.8 Å². The number of aromatic nitrogens is 3. The fourth-order valence-corrected chi connectivity index (χ4v) is 6.99. The van der Waals surface area contributed by atoms with Crippen LogP contribution in [0.1, 0.15) is 55.9 Å². The van der Waals surface area contributed by atoms with Crippen LogP contribution in [0.15, 0.2) is 23.4 Å². The van der Waals surface area contributed by atoms with Crippen LogP contribution in [0.4, 0.5) is 5.00 Å². The first-order valence-corrected chi connectivity index (χ1v) is 14.6. The number of carbonyl (C=O) groups is 1. The number of ether oxygens (including phenoxy) is 1. The molecule has 196 valence electrons. The maximum atomic E-state index is 12.8. The van der Waals surface area contributed by atoms with Crippen molar-refractivity contribution in [2.45, 2.75) is 65.3 Å². The fourth-order valence-electron chi connectivity index (χ4n) is 4.41. The largest absolute Gasteiger partial charge is 0.484 e. The predicted octanol–water partition coefficient (Wildman–Crippen LogP) is 7.00. The lowest BCUT2D eigenvalue weighted by atomic mass is 9.72. The van der Waals surface area contributed by atoms with Gasteiger partial charge in [-0.2, -0.15) is 5.26 Å². The van der Waals surface area contributed by atoms with E-state index < -0.39 is 0 Å². The smallest absolute Gasteiger partial charge is 0.235 e. The summed E-state index contributed by atoms with van der Waals surface area (Å²) in [6.07, 6.45) is 2.90. The number of nitrogens with zero attached hydrogens (tertiary/aromatic N) is 4. The van der Waals surface area contributed by atoms with Gasteiger partial charge in [0, 0.05) is 16.4 Å². The Morgan fingerprint density at radius 1 is 1.35 bits per heavy atom. The second-order valence-electron chi connectivity index (χ2n) is 9.97. The summed E-state index contributed by atoms with van der Waals surface area (Å²) in [6.45, 7) is 9.57. The van der Waals surface area contributed by atoms with E-state index in [0.717, 1.165) is 24.8 Å². The van der Waals surface area contributed by atoms with E-state index in [1.54, 1.807) is 29.5 Å². The lowest BCUT2D eigenvalue weighted by Crippen LogP contribution is -2.26. The van der Waals surface area contributed by atoms with E-state index in [1.165, 1.54) is 16.6 Å². The van der Waals surface area contributed by atoms with Gasteiger partial charge in [-0.15, -0.1) is 21.5 Å². The molecule has 1 amide bonds. The molecule has 1 aliphatic rings. The van der Waals surface area contributed by atoms with Crippen molar-refractivity contribution in [2.24, 2.45) is 11.3 Å². The summed E-state index contributed by atoms with van der Waals surface area (Å²) in [5.74, 6) is 1.68. The number of anilines is 1. The Kier molecular flexibility index (Phi) is 8.74. The fraction of sp³-hybridized carbons (Fsp3) is 0.462.